The van der Waals surface area contributed by atoms with Gasteiger partial charge in [0.2, 0.25) is 11.8 Å². The lowest BCUT2D eigenvalue weighted by Crippen LogP contribution is -2.41. The van der Waals surface area contributed by atoms with Gasteiger partial charge in [0.25, 0.3) is 0 Å². The molecule has 0 aliphatic heterocycles. The maximum absolute atomic E-state index is 10.7. The fourth-order valence-corrected chi connectivity index (χ4v) is 3.03. The van der Waals surface area contributed by atoms with E-state index in [1.807, 2.05) is 0 Å². The second-order valence-electron chi connectivity index (χ2n) is 5.91. The van der Waals surface area contributed by atoms with Crippen LogP contribution in [0, 0.1) is 11.8 Å². The summed E-state index contributed by atoms with van der Waals surface area (Å²) in [7, 11) is 0. The maximum Gasteiger partial charge on any atom is 0.222 e. The van der Waals surface area contributed by atoms with Gasteiger partial charge in [0.05, 0.1) is 11.8 Å². The summed E-state index contributed by atoms with van der Waals surface area (Å²) >= 11 is 0. The van der Waals surface area contributed by atoms with Gasteiger partial charge in [-0.3, -0.25) is 9.59 Å². The summed E-state index contributed by atoms with van der Waals surface area (Å²) in [4.78, 5) is 21.4. The molecule has 0 radical (unpaired) electrons. The first-order chi connectivity index (χ1) is 9.43. The van der Waals surface area contributed by atoms with Crippen molar-refractivity contribution in [3.63, 3.8) is 0 Å². The summed E-state index contributed by atoms with van der Waals surface area (Å²) in [6, 6.07) is 0.0394. The van der Waals surface area contributed by atoms with E-state index >= 15 is 0 Å². The Morgan fingerprint density at radius 3 is 1.09 bits per heavy atom. The second kappa shape index (κ2) is 11.9. The predicted molar refractivity (Wildman–Crippen MR) is 92.8 cm³/mol. The number of nitrogens with two attached hydrogens (primary N) is 4. The van der Waals surface area contributed by atoms with E-state index in [9.17, 15) is 9.59 Å². The molecule has 2 amide bonds. The second-order valence-corrected chi connectivity index (χ2v) is 5.91. The Kier molecular flexibility index (Phi) is 12.9. The Morgan fingerprint density at radius 1 is 0.636 bits per heavy atom. The summed E-state index contributed by atoms with van der Waals surface area (Å²) in [5, 5.41) is 0. The number of hydrogen-bond acceptors (Lipinski definition) is 4. The molecule has 8 heteroatoms. The van der Waals surface area contributed by atoms with E-state index in [0.29, 0.717) is 0 Å². The first-order valence-electron chi connectivity index (χ1n) is 7.53. The molecule has 0 spiro atoms. The fourth-order valence-electron chi connectivity index (χ4n) is 3.03. The summed E-state index contributed by atoms with van der Waals surface area (Å²) in [6.45, 7) is 0. The van der Waals surface area contributed by atoms with E-state index in [4.69, 9.17) is 22.9 Å². The lowest BCUT2D eigenvalue weighted by atomic mass is 9.85. The summed E-state index contributed by atoms with van der Waals surface area (Å²) < 4.78 is 0. The highest BCUT2D eigenvalue weighted by atomic mass is 35.5. The van der Waals surface area contributed by atoms with Crippen LogP contribution in [0.3, 0.4) is 0 Å². The molecule has 0 bridgehead atoms. The van der Waals surface area contributed by atoms with Gasteiger partial charge in [0.15, 0.2) is 0 Å². The smallest absolute Gasteiger partial charge is 0.222 e. The number of hydrogen-bond donors (Lipinski definition) is 4. The van der Waals surface area contributed by atoms with Gasteiger partial charge in [-0.05, 0) is 25.7 Å². The molecule has 6 nitrogen and oxygen atoms in total. The Hall–Kier alpha value is -0.560. The molecule has 22 heavy (non-hydrogen) atoms. The Morgan fingerprint density at radius 2 is 0.909 bits per heavy atom. The van der Waals surface area contributed by atoms with Crippen molar-refractivity contribution in [1.82, 2.24) is 0 Å². The number of rotatable bonds is 2. The molecular formula is C14H30Cl2N4O2. The third-order valence-corrected chi connectivity index (χ3v) is 4.37. The lowest BCUT2D eigenvalue weighted by Gasteiger charge is -2.25. The molecule has 2 fully saturated rings. The third-order valence-electron chi connectivity index (χ3n) is 4.37. The third kappa shape index (κ3) is 7.63. The van der Waals surface area contributed by atoms with Crippen molar-refractivity contribution in [2.24, 2.45) is 34.8 Å². The largest absolute Gasteiger partial charge is 0.369 e. The molecule has 0 aromatic heterocycles. The molecule has 2 aliphatic rings. The van der Waals surface area contributed by atoms with E-state index in [0.717, 1.165) is 51.4 Å². The van der Waals surface area contributed by atoms with Gasteiger partial charge in [-0.2, -0.15) is 0 Å². The van der Waals surface area contributed by atoms with Crippen molar-refractivity contribution in [2.45, 2.75) is 63.5 Å². The molecule has 2 saturated carbocycles. The number of carbonyl (C=O) groups is 2. The number of carbonyl (C=O) groups excluding carboxylic acids is 2. The Labute approximate surface area is 144 Å². The van der Waals surface area contributed by atoms with Crippen molar-refractivity contribution < 1.29 is 9.59 Å². The number of halogens is 2. The first-order valence-corrected chi connectivity index (χ1v) is 7.53. The van der Waals surface area contributed by atoms with E-state index in [1.165, 1.54) is 0 Å². The average Bonchev–Trinajstić information content (AvgIpc) is 2.40. The van der Waals surface area contributed by atoms with Gasteiger partial charge in [-0.1, -0.05) is 25.7 Å². The van der Waals surface area contributed by atoms with E-state index in [1.54, 1.807) is 0 Å². The summed E-state index contributed by atoms with van der Waals surface area (Å²) in [6.07, 6.45) is 8.16. The standard InChI is InChI=1S/2C7H14N2O.2ClH/c2*8-6-4-2-1-3-5(6)7(9)10;;/h2*5-6H,1-4,8H2,(H2,9,10);2*1H/t2*5-,6+;;/m10../s1. The van der Waals surface area contributed by atoms with E-state index in [-0.39, 0.29) is 60.5 Å². The normalized spacial score (nSPS) is 30.6. The monoisotopic (exact) mass is 356 g/mol. The van der Waals surface area contributed by atoms with Gasteiger partial charge in [-0.25, -0.2) is 0 Å². The molecule has 132 valence electrons. The van der Waals surface area contributed by atoms with E-state index < -0.39 is 0 Å². The van der Waals surface area contributed by atoms with E-state index in [2.05, 4.69) is 0 Å². The highest BCUT2D eigenvalue weighted by Gasteiger charge is 2.26. The number of primary amides is 2. The van der Waals surface area contributed by atoms with Crippen LogP contribution in [-0.4, -0.2) is 23.9 Å². The zero-order valence-electron chi connectivity index (χ0n) is 12.9. The quantitative estimate of drug-likeness (QED) is 0.581. The van der Waals surface area contributed by atoms with Crippen LogP contribution < -0.4 is 22.9 Å². The van der Waals surface area contributed by atoms with Crippen LogP contribution in [0.2, 0.25) is 0 Å². The fraction of sp³-hybridized carbons (Fsp3) is 0.857. The molecule has 0 aromatic rings. The minimum absolute atomic E-state index is 0. The Bertz CT molecular complexity index is 313. The molecule has 0 saturated heterocycles. The van der Waals surface area contributed by atoms with Gasteiger partial charge in [0, 0.05) is 12.1 Å². The molecule has 0 unspecified atom stereocenters. The van der Waals surface area contributed by atoms with Crippen molar-refractivity contribution >= 4 is 36.6 Å². The topological polar surface area (TPSA) is 138 Å². The van der Waals surface area contributed by atoms with Crippen molar-refractivity contribution in [2.75, 3.05) is 0 Å². The number of amides is 2. The van der Waals surface area contributed by atoms with Gasteiger partial charge < -0.3 is 22.9 Å². The molecule has 0 heterocycles. The van der Waals surface area contributed by atoms with Crippen LogP contribution in [0.4, 0.5) is 0 Å². The summed E-state index contributed by atoms with van der Waals surface area (Å²) in [5.41, 5.74) is 21.6. The van der Waals surface area contributed by atoms with Crippen LogP contribution in [0.1, 0.15) is 51.4 Å². The van der Waals surface area contributed by atoms with Gasteiger partial charge in [0.1, 0.15) is 0 Å². The maximum atomic E-state index is 10.7. The molecule has 2 rings (SSSR count). The first kappa shape index (κ1) is 23.7. The lowest BCUT2D eigenvalue weighted by molar-refractivity contribution is -0.124. The van der Waals surface area contributed by atoms with Crippen molar-refractivity contribution in [1.29, 1.82) is 0 Å². The molecule has 2 aliphatic carbocycles. The van der Waals surface area contributed by atoms with Crippen molar-refractivity contribution in [3.8, 4) is 0 Å². The van der Waals surface area contributed by atoms with Crippen LogP contribution in [0.25, 0.3) is 0 Å². The van der Waals surface area contributed by atoms with Crippen LogP contribution in [0.5, 0.6) is 0 Å². The zero-order valence-corrected chi connectivity index (χ0v) is 14.5. The molecule has 0 aromatic carbocycles. The van der Waals surface area contributed by atoms with Crippen molar-refractivity contribution in [3.05, 3.63) is 0 Å². The predicted octanol–water partition coefficient (Wildman–Crippen LogP) is 0.822. The highest BCUT2D eigenvalue weighted by Crippen LogP contribution is 2.22. The SMILES string of the molecule is Cl.Cl.NC(=O)[C@@H]1CCCC[C@@H]1N.NC(=O)[C@H]1CCCC[C@H]1N. The van der Waals surface area contributed by atoms with Gasteiger partial charge >= 0.3 is 0 Å². The molecular weight excluding hydrogens is 327 g/mol. The zero-order chi connectivity index (χ0) is 15.1. The molecule has 4 atom stereocenters. The minimum Gasteiger partial charge on any atom is -0.369 e. The van der Waals surface area contributed by atoms with Crippen LogP contribution >= 0.6 is 24.8 Å². The summed E-state index contributed by atoms with van der Waals surface area (Å²) in [5.74, 6) is -0.582. The molecule has 8 N–H and O–H groups in total. The highest BCUT2D eigenvalue weighted by molar-refractivity contribution is 5.85. The van der Waals surface area contributed by atoms with Crippen LogP contribution in [-0.2, 0) is 9.59 Å². The minimum atomic E-state index is -0.229. The average molecular weight is 357 g/mol. The Balaban J connectivity index is 0. The van der Waals surface area contributed by atoms with Crippen LogP contribution in [0.15, 0.2) is 0 Å². The van der Waals surface area contributed by atoms with Gasteiger partial charge in [-0.15, -0.1) is 24.8 Å².